The second kappa shape index (κ2) is 5.90. The van der Waals surface area contributed by atoms with E-state index < -0.39 is 10.0 Å². The van der Waals surface area contributed by atoms with Gasteiger partial charge in [0.15, 0.2) is 0 Å². The summed E-state index contributed by atoms with van der Waals surface area (Å²) in [6.45, 7) is 3.58. The molecule has 1 aliphatic heterocycles. The van der Waals surface area contributed by atoms with E-state index in [4.69, 9.17) is 5.14 Å². The van der Waals surface area contributed by atoms with E-state index in [1.54, 1.807) is 24.3 Å². The highest BCUT2D eigenvalue weighted by Gasteiger charge is 2.29. The number of benzene rings is 1. The van der Waals surface area contributed by atoms with Crippen LogP contribution in [0.4, 0.5) is 5.69 Å². The lowest BCUT2D eigenvalue weighted by Gasteiger charge is -2.14. The summed E-state index contributed by atoms with van der Waals surface area (Å²) >= 11 is 0. The summed E-state index contributed by atoms with van der Waals surface area (Å²) in [5, 5.41) is 11.0. The predicted molar refractivity (Wildman–Crippen MR) is 77.4 cm³/mol. The molecular weight excluding hydrogens is 278 g/mol. The maximum atomic E-state index is 12.1. The van der Waals surface area contributed by atoms with Gasteiger partial charge in [0, 0.05) is 12.2 Å². The van der Waals surface area contributed by atoms with Crippen molar-refractivity contribution in [2.75, 3.05) is 18.4 Å². The summed E-state index contributed by atoms with van der Waals surface area (Å²) in [5.74, 6) is 0.0718. The Morgan fingerprint density at radius 3 is 2.50 bits per heavy atom. The van der Waals surface area contributed by atoms with E-state index in [0.29, 0.717) is 23.7 Å². The molecule has 0 saturated carbocycles. The van der Waals surface area contributed by atoms with Crippen molar-refractivity contribution in [3.05, 3.63) is 29.8 Å². The molecule has 20 heavy (non-hydrogen) atoms. The van der Waals surface area contributed by atoms with E-state index >= 15 is 0 Å². The van der Waals surface area contributed by atoms with E-state index in [9.17, 15) is 13.2 Å². The van der Waals surface area contributed by atoms with Crippen molar-refractivity contribution < 1.29 is 13.2 Å². The second-order valence-electron chi connectivity index (χ2n) is 5.24. The Morgan fingerprint density at radius 1 is 1.35 bits per heavy atom. The van der Waals surface area contributed by atoms with Crippen LogP contribution in [0.5, 0.6) is 0 Å². The molecule has 0 spiro atoms. The molecule has 1 amide bonds. The molecule has 110 valence electrons. The van der Waals surface area contributed by atoms with Gasteiger partial charge in [-0.3, -0.25) is 4.79 Å². The topological polar surface area (TPSA) is 101 Å². The summed E-state index contributed by atoms with van der Waals surface area (Å²) in [6.07, 6.45) is 0. The molecule has 0 aliphatic carbocycles. The zero-order chi connectivity index (χ0) is 14.8. The number of amides is 1. The van der Waals surface area contributed by atoms with Gasteiger partial charge in [0.2, 0.25) is 15.9 Å². The molecule has 1 aromatic rings. The van der Waals surface area contributed by atoms with Crippen molar-refractivity contribution in [3.63, 3.8) is 0 Å². The maximum Gasteiger partial charge on any atom is 0.229 e. The number of anilines is 1. The predicted octanol–water partition coefficient (Wildman–Crippen LogP) is 0.269. The molecule has 1 heterocycles. The summed E-state index contributed by atoms with van der Waals surface area (Å²) in [7, 11) is -3.53. The molecule has 1 fully saturated rings. The van der Waals surface area contributed by atoms with Crippen LogP contribution < -0.4 is 15.8 Å². The first-order chi connectivity index (χ1) is 9.35. The third kappa shape index (κ3) is 4.03. The van der Waals surface area contributed by atoms with Crippen LogP contribution >= 0.6 is 0 Å². The van der Waals surface area contributed by atoms with Crippen LogP contribution in [0.3, 0.4) is 0 Å². The monoisotopic (exact) mass is 297 g/mol. The molecule has 1 aromatic carbocycles. The number of sulfonamides is 1. The smallest absolute Gasteiger partial charge is 0.229 e. The molecule has 7 heteroatoms. The fourth-order valence-corrected chi connectivity index (χ4v) is 2.97. The molecule has 4 N–H and O–H groups in total. The number of hydrogen-bond acceptors (Lipinski definition) is 4. The van der Waals surface area contributed by atoms with Crippen LogP contribution in [0, 0.1) is 11.8 Å². The minimum atomic E-state index is -3.53. The van der Waals surface area contributed by atoms with E-state index in [2.05, 4.69) is 10.6 Å². The summed E-state index contributed by atoms with van der Waals surface area (Å²) in [6, 6.07) is 6.67. The molecule has 2 rings (SSSR count). The van der Waals surface area contributed by atoms with Gasteiger partial charge in [0.05, 0.1) is 11.7 Å². The number of carbonyl (C=O) groups excluding carboxylic acids is 1. The Balaban J connectivity index is 1.98. The summed E-state index contributed by atoms with van der Waals surface area (Å²) < 4.78 is 21.9. The van der Waals surface area contributed by atoms with Gasteiger partial charge in [-0.2, -0.15) is 0 Å². The third-order valence-electron chi connectivity index (χ3n) is 3.44. The minimum Gasteiger partial charge on any atom is -0.326 e. The molecule has 6 nitrogen and oxygen atoms in total. The van der Waals surface area contributed by atoms with Crippen molar-refractivity contribution >= 4 is 21.6 Å². The number of nitrogens with two attached hydrogens (primary N) is 1. The Bertz CT molecular complexity index is 583. The lowest BCUT2D eigenvalue weighted by Crippen LogP contribution is -2.27. The molecule has 2 unspecified atom stereocenters. The molecule has 0 bridgehead atoms. The van der Waals surface area contributed by atoms with Gasteiger partial charge in [-0.05, 0) is 30.2 Å². The zero-order valence-corrected chi connectivity index (χ0v) is 12.1. The summed E-state index contributed by atoms with van der Waals surface area (Å²) in [5.41, 5.74) is 1.26. The average molecular weight is 297 g/mol. The average Bonchev–Trinajstić information content (AvgIpc) is 2.76. The lowest BCUT2D eigenvalue weighted by molar-refractivity contribution is -0.120. The van der Waals surface area contributed by atoms with Gasteiger partial charge in [-0.25, -0.2) is 13.6 Å². The van der Waals surface area contributed by atoms with Gasteiger partial charge >= 0.3 is 0 Å². The van der Waals surface area contributed by atoms with Crippen LogP contribution in [0.25, 0.3) is 0 Å². The van der Waals surface area contributed by atoms with Crippen molar-refractivity contribution in [2.45, 2.75) is 12.7 Å². The molecular formula is C13H19N3O3S. The third-order valence-corrected chi connectivity index (χ3v) is 4.18. The Morgan fingerprint density at radius 2 is 2.00 bits per heavy atom. The first-order valence-corrected chi connectivity index (χ1v) is 8.18. The number of carbonyl (C=O) groups is 1. The van der Waals surface area contributed by atoms with Crippen LogP contribution in [0.1, 0.15) is 12.5 Å². The van der Waals surface area contributed by atoms with E-state index in [1.807, 2.05) is 6.92 Å². The highest BCUT2D eigenvalue weighted by atomic mass is 32.2. The van der Waals surface area contributed by atoms with Crippen LogP contribution in [0.2, 0.25) is 0 Å². The van der Waals surface area contributed by atoms with Crippen molar-refractivity contribution in [2.24, 2.45) is 17.0 Å². The molecule has 2 atom stereocenters. The molecule has 1 saturated heterocycles. The van der Waals surface area contributed by atoms with Gasteiger partial charge in [0.25, 0.3) is 0 Å². The van der Waals surface area contributed by atoms with E-state index in [1.165, 1.54) is 0 Å². The van der Waals surface area contributed by atoms with Gasteiger partial charge in [0.1, 0.15) is 0 Å². The van der Waals surface area contributed by atoms with Crippen molar-refractivity contribution in [1.29, 1.82) is 0 Å². The zero-order valence-electron chi connectivity index (χ0n) is 11.3. The fraction of sp³-hybridized carbons (Fsp3) is 0.462. The van der Waals surface area contributed by atoms with Crippen molar-refractivity contribution in [3.8, 4) is 0 Å². The molecule has 1 aliphatic rings. The highest BCUT2D eigenvalue weighted by Crippen LogP contribution is 2.19. The molecule has 0 radical (unpaired) electrons. The van der Waals surface area contributed by atoms with E-state index in [-0.39, 0.29) is 17.6 Å². The van der Waals surface area contributed by atoms with Crippen molar-refractivity contribution in [1.82, 2.24) is 5.32 Å². The number of nitrogens with one attached hydrogen (secondary N) is 2. The molecule has 0 aromatic heterocycles. The van der Waals surface area contributed by atoms with Crippen LogP contribution in [0.15, 0.2) is 24.3 Å². The Kier molecular flexibility index (Phi) is 4.42. The second-order valence-corrected chi connectivity index (χ2v) is 6.85. The number of primary sulfonamides is 1. The normalized spacial score (nSPS) is 22.7. The van der Waals surface area contributed by atoms with Crippen LogP contribution in [-0.2, 0) is 20.6 Å². The van der Waals surface area contributed by atoms with E-state index in [0.717, 1.165) is 6.54 Å². The fourth-order valence-electron chi connectivity index (χ4n) is 2.31. The quantitative estimate of drug-likeness (QED) is 0.742. The highest BCUT2D eigenvalue weighted by molar-refractivity contribution is 7.88. The standard InChI is InChI=1S/C13H19N3O3S/c1-9-6-15-7-12(9)13(17)16-11-4-2-10(3-5-11)8-20(14,18)19/h2-5,9,12,15H,6-8H2,1H3,(H,16,17)(H2,14,18,19). The number of rotatable bonds is 4. The summed E-state index contributed by atoms with van der Waals surface area (Å²) in [4.78, 5) is 12.1. The number of hydrogen-bond donors (Lipinski definition) is 3. The van der Waals surface area contributed by atoms with Gasteiger partial charge < -0.3 is 10.6 Å². The SMILES string of the molecule is CC1CNCC1C(=O)Nc1ccc(CS(N)(=O)=O)cc1. The Hall–Kier alpha value is -1.44. The van der Waals surface area contributed by atoms with Gasteiger partial charge in [-0.15, -0.1) is 0 Å². The Labute approximate surface area is 118 Å². The van der Waals surface area contributed by atoms with Crippen LogP contribution in [-0.4, -0.2) is 27.4 Å². The maximum absolute atomic E-state index is 12.1. The largest absolute Gasteiger partial charge is 0.326 e. The lowest BCUT2D eigenvalue weighted by atomic mass is 9.97. The first kappa shape index (κ1) is 15.0. The minimum absolute atomic E-state index is 0.0123. The van der Waals surface area contributed by atoms with Gasteiger partial charge in [-0.1, -0.05) is 19.1 Å². The first-order valence-electron chi connectivity index (χ1n) is 6.46.